The Bertz CT molecular complexity index is 533. The van der Waals surface area contributed by atoms with Gasteiger partial charge in [0.1, 0.15) is 6.10 Å². The maximum absolute atomic E-state index is 10.4. The summed E-state index contributed by atoms with van der Waals surface area (Å²) in [6.45, 7) is 4.39. The second-order valence-corrected chi connectivity index (χ2v) is 5.31. The number of aliphatic hydroxyl groups excluding tert-OH is 1. The van der Waals surface area contributed by atoms with Crippen LogP contribution in [0.4, 0.5) is 0 Å². The summed E-state index contributed by atoms with van der Waals surface area (Å²) < 4.78 is 0. The van der Waals surface area contributed by atoms with E-state index >= 15 is 0 Å². The van der Waals surface area contributed by atoms with Gasteiger partial charge in [-0.1, -0.05) is 67.9 Å². The molecule has 0 aliphatic rings. The highest BCUT2D eigenvalue weighted by atomic mass is 35.5. The van der Waals surface area contributed by atoms with Crippen LogP contribution in [0.15, 0.2) is 48.5 Å². The Morgan fingerprint density at radius 1 is 1.00 bits per heavy atom. The number of rotatable bonds is 4. The fraction of sp³-hybridized carbons (Fsp3) is 0.294. The molecule has 0 bridgehead atoms. The highest BCUT2D eigenvalue weighted by Crippen LogP contribution is 2.29. The predicted octanol–water partition coefficient (Wildman–Crippen LogP) is 4.94. The average molecular weight is 275 g/mol. The third-order valence-electron chi connectivity index (χ3n) is 3.63. The van der Waals surface area contributed by atoms with Crippen molar-refractivity contribution in [3.05, 3.63) is 70.2 Å². The molecule has 0 aliphatic carbocycles. The van der Waals surface area contributed by atoms with E-state index < -0.39 is 6.10 Å². The van der Waals surface area contributed by atoms with Gasteiger partial charge in [-0.3, -0.25) is 0 Å². The van der Waals surface area contributed by atoms with Gasteiger partial charge in [0, 0.05) is 10.6 Å². The molecule has 2 atom stereocenters. The molecule has 100 valence electrons. The van der Waals surface area contributed by atoms with Gasteiger partial charge in [-0.2, -0.15) is 0 Å². The summed E-state index contributed by atoms with van der Waals surface area (Å²) in [6, 6.07) is 15.5. The zero-order chi connectivity index (χ0) is 13.8. The van der Waals surface area contributed by atoms with Gasteiger partial charge in [-0.05, 0) is 29.5 Å². The lowest BCUT2D eigenvalue weighted by molar-refractivity contribution is 0.220. The minimum atomic E-state index is -0.667. The second kappa shape index (κ2) is 6.23. The summed E-state index contributed by atoms with van der Waals surface area (Å²) in [5, 5.41) is 11.0. The van der Waals surface area contributed by atoms with Gasteiger partial charge >= 0.3 is 0 Å². The van der Waals surface area contributed by atoms with Gasteiger partial charge in [0.2, 0.25) is 0 Å². The Morgan fingerprint density at radius 2 is 1.58 bits per heavy atom. The molecule has 0 saturated heterocycles. The topological polar surface area (TPSA) is 20.2 Å². The average Bonchev–Trinajstić information content (AvgIpc) is 2.46. The molecule has 0 saturated carbocycles. The molecule has 2 heteroatoms. The SMILES string of the molecule is CCC(C)c1ccc(C(O)c2ccccc2Cl)cc1. The second-order valence-electron chi connectivity index (χ2n) is 4.90. The molecular formula is C17H19ClO. The fourth-order valence-electron chi connectivity index (χ4n) is 2.12. The molecule has 0 aromatic heterocycles. The van der Waals surface area contributed by atoms with Crippen LogP contribution in [-0.2, 0) is 0 Å². The van der Waals surface area contributed by atoms with Crippen molar-refractivity contribution in [1.82, 2.24) is 0 Å². The lowest BCUT2D eigenvalue weighted by Crippen LogP contribution is -2.01. The zero-order valence-electron chi connectivity index (χ0n) is 11.3. The van der Waals surface area contributed by atoms with E-state index in [0.717, 1.165) is 17.5 Å². The summed E-state index contributed by atoms with van der Waals surface area (Å²) >= 11 is 6.11. The lowest BCUT2D eigenvalue weighted by atomic mass is 9.95. The zero-order valence-corrected chi connectivity index (χ0v) is 12.1. The van der Waals surface area contributed by atoms with Crippen LogP contribution in [0.5, 0.6) is 0 Å². The third kappa shape index (κ3) is 3.17. The largest absolute Gasteiger partial charge is 0.384 e. The van der Waals surface area contributed by atoms with Crippen molar-refractivity contribution in [3.63, 3.8) is 0 Å². The first-order chi connectivity index (χ1) is 9.13. The van der Waals surface area contributed by atoms with E-state index in [9.17, 15) is 5.11 Å². The molecule has 2 rings (SSSR count). The van der Waals surface area contributed by atoms with E-state index in [2.05, 4.69) is 26.0 Å². The molecule has 1 N–H and O–H groups in total. The summed E-state index contributed by atoms with van der Waals surface area (Å²) in [5.41, 5.74) is 2.93. The molecule has 0 spiro atoms. The minimum Gasteiger partial charge on any atom is -0.384 e. The number of benzene rings is 2. The van der Waals surface area contributed by atoms with Crippen molar-refractivity contribution in [2.75, 3.05) is 0 Å². The van der Waals surface area contributed by atoms with Gasteiger partial charge < -0.3 is 5.11 Å². The molecule has 2 unspecified atom stereocenters. The molecule has 2 aromatic carbocycles. The van der Waals surface area contributed by atoms with Crippen molar-refractivity contribution >= 4 is 11.6 Å². The first-order valence-corrected chi connectivity index (χ1v) is 7.03. The number of halogens is 1. The summed E-state index contributed by atoms with van der Waals surface area (Å²) in [4.78, 5) is 0. The maximum Gasteiger partial charge on any atom is 0.105 e. The van der Waals surface area contributed by atoms with E-state index in [1.54, 1.807) is 6.07 Å². The van der Waals surface area contributed by atoms with Crippen LogP contribution < -0.4 is 0 Å². The van der Waals surface area contributed by atoms with Gasteiger partial charge in [0.25, 0.3) is 0 Å². The van der Waals surface area contributed by atoms with E-state index in [-0.39, 0.29) is 0 Å². The smallest absolute Gasteiger partial charge is 0.105 e. The van der Waals surface area contributed by atoms with Crippen LogP contribution in [0, 0.1) is 0 Å². The van der Waals surface area contributed by atoms with Crippen molar-refractivity contribution in [2.24, 2.45) is 0 Å². The van der Waals surface area contributed by atoms with Crippen LogP contribution in [0.3, 0.4) is 0 Å². The Kier molecular flexibility index (Phi) is 4.62. The standard InChI is InChI=1S/C17H19ClO/c1-3-12(2)13-8-10-14(11-9-13)17(19)15-6-4-5-7-16(15)18/h4-12,17,19H,3H2,1-2H3. The molecule has 0 radical (unpaired) electrons. The fourth-order valence-corrected chi connectivity index (χ4v) is 2.36. The Morgan fingerprint density at radius 3 is 2.16 bits per heavy atom. The van der Waals surface area contributed by atoms with Crippen LogP contribution >= 0.6 is 11.6 Å². The highest BCUT2D eigenvalue weighted by molar-refractivity contribution is 6.31. The lowest BCUT2D eigenvalue weighted by Gasteiger charge is -2.15. The molecule has 0 heterocycles. The maximum atomic E-state index is 10.4. The van der Waals surface area contributed by atoms with Crippen molar-refractivity contribution < 1.29 is 5.11 Å². The van der Waals surface area contributed by atoms with Crippen LogP contribution in [-0.4, -0.2) is 5.11 Å². The number of aliphatic hydroxyl groups is 1. The van der Waals surface area contributed by atoms with E-state index in [4.69, 9.17) is 11.6 Å². The van der Waals surface area contributed by atoms with Crippen LogP contribution in [0.1, 0.15) is 49.0 Å². The number of hydrogen-bond donors (Lipinski definition) is 1. The van der Waals surface area contributed by atoms with Crippen LogP contribution in [0.2, 0.25) is 5.02 Å². The Labute approximate surface area is 119 Å². The summed E-state index contributed by atoms with van der Waals surface area (Å²) in [7, 11) is 0. The molecular weight excluding hydrogens is 256 g/mol. The molecule has 0 amide bonds. The van der Waals surface area contributed by atoms with Gasteiger partial charge in [-0.25, -0.2) is 0 Å². The molecule has 0 aliphatic heterocycles. The highest BCUT2D eigenvalue weighted by Gasteiger charge is 2.13. The Hall–Kier alpha value is -1.31. The van der Waals surface area contributed by atoms with Crippen molar-refractivity contribution in [2.45, 2.75) is 32.3 Å². The Balaban J connectivity index is 2.25. The van der Waals surface area contributed by atoms with E-state index in [0.29, 0.717) is 10.9 Å². The van der Waals surface area contributed by atoms with Gasteiger partial charge in [0.15, 0.2) is 0 Å². The number of hydrogen-bond acceptors (Lipinski definition) is 1. The monoisotopic (exact) mass is 274 g/mol. The molecule has 1 nitrogen and oxygen atoms in total. The van der Waals surface area contributed by atoms with Crippen molar-refractivity contribution in [3.8, 4) is 0 Å². The predicted molar refractivity (Wildman–Crippen MR) is 80.7 cm³/mol. The van der Waals surface area contributed by atoms with Gasteiger partial charge in [0.05, 0.1) is 0 Å². The summed E-state index contributed by atoms with van der Waals surface area (Å²) in [6.07, 6.45) is 0.451. The van der Waals surface area contributed by atoms with E-state index in [1.165, 1.54) is 5.56 Å². The summed E-state index contributed by atoms with van der Waals surface area (Å²) in [5.74, 6) is 0.548. The normalized spacial score (nSPS) is 14.1. The van der Waals surface area contributed by atoms with Crippen molar-refractivity contribution in [1.29, 1.82) is 0 Å². The van der Waals surface area contributed by atoms with E-state index in [1.807, 2.05) is 30.3 Å². The third-order valence-corrected chi connectivity index (χ3v) is 3.98. The first kappa shape index (κ1) is 14.1. The first-order valence-electron chi connectivity index (χ1n) is 6.65. The van der Waals surface area contributed by atoms with Gasteiger partial charge in [-0.15, -0.1) is 0 Å². The minimum absolute atomic E-state index is 0.548. The van der Waals surface area contributed by atoms with Crippen LogP contribution in [0.25, 0.3) is 0 Å². The molecule has 19 heavy (non-hydrogen) atoms. The molecule has 0 fully saturated rings. The molecule has 2 aromatic rings. The quantitative estimate of drug-likeness (QED) is 0.838.